The predicted octanol–water partition coefficient (Wildman–Crippen LogP) is 1.17. The number of methoxy groups -OCH3 is 1. The third-order valence-electron chi connectivity index (χ3n) is 2.30. The third-order valence-corrected chi connectivity index (χ3v) is 2.30. The van der Waals surface area contributed by atoms with E-state index in [4.69, 9.17) is 0 Å². The van der Waals surface area contributed by atoms with Gasteiger partial charge in [0.25, 0.3) is 0 Å². The number of hydrogen-bond acceptors (Lipinski definition) is 5. The van der Waals surface area contributed by atoms with Crippen LogP contribution in [0.2, 0.25) is 0 Å². The van der Waals surface area contributed by atoms with Crippen LogP contribution in [-0.2, 0) is 9.53 Å². The normalized spacial score (nSPS) is 9.94. The van der Waals surface area contributed by atoms with Crippen LogP contribution in [0.4, 0.5) is 5.82 Å². The first-order valence-electron chi connectivity index (χ1n) is 5.29. The molecule has 1 heterocycles. The minimum absolute atomic E-state index is 0.210. The van der Waals surface area contributed by atoms with Crippen molar-refractivity contribution in [3.63, 3.8) is 0 Å². The van der Waals surface area contributed by atoms with Gasteiger partial charge in [-0.05, 0) is 26.0 Å². The van der Waals surface area contributed by atoms with Crippen molar-refractivity contribution in [2.75, 3.05) is 25.1 Å². The zero-order valence-electron chi connectivity index (χ0n) is 9.93. The number of esters is 1. The quantitative estimate of drug-likeness (QED) is 0.701. The molecule has 0 N–H and O–H groups in total. The Morgan fingerprint density at radius 1 is 1.44 bits per heavy atom. The molecular formula is C11H17N3O2. The SMILES string of the molecule is CCN(CCC(=O)OC)c1ccc(C)nn1. The second kappa shape index (κ2) is 6.05. The molecule has 0 spiro atoms. The number of carbonyl (C=O) groups excluding carboxylic acids is 1. The Labute approximate surface area is 95.4 Å². The molecule has 0 bridgehead atoms. The Balaban J connectivity index is 2.60. The van der Waals surface area contributed by atoms with E-state index in [2.05, 4.69) is 14.9 Å². The highest BCUT2D eigenvalue weighted by Gasteiger charge is 2.08. The summed E-state index contributed by atoms with van der Waals surface area (Å²) >= 11 is 0. The van der Waals surface area contributed by atoms with Gasteiger partial charge in [0.1, 0.15) is 0 Å². The van der Waals surface area contributed by atoms with Crippen molar-refractivity contribution in [2.24, 2.45) is 0 Å². The fourth-order valence-electron chi connectivity index (χ4n) is 1.32. The lowest BCUT2D eigenvalue weighted by molar-refractivity contribution is -0.140. The van der Waals surface area contributed by atoms with Crippen molar-refractivity contribution < 1.29 is 9.53 Å². The van der Waals surface area contributed by atoms with Crippen LogP contribution in [0.25, 0.3) is 0 Å². The number of hydrogen-bond donors (Lipinski definition) is 0. The topological polar surface area (TPSA) is 55.3 Å². The average Bonchev–Trinajstić information content (AvgIpc) is 2.31. The van der Waals surface area contributed by atoms with Crippen molar-refractivity contribution in [1.29, 1.82) is 0 Å². The van der Waals surface area contributed by atoms with Crippen LogP contribution in [0.1, 0.15) is 19.0 Å². The molecule has 1 aromatic rings. The van der Waals surface area contributed by atoms with Gasteiger partial charge in [-0.1, -0.05) is 0 Å². The molecule has 0 aliphatic heterocycles. The Morgan fingerprint density at radius 2 is 2.19 bits per heavy atom. The first-order valence-corrected chi connectivity index (χ1v) is 5.29. The highest BCUT2D eigenvalue weighted by atomic mass is 16.5. The summed E-state index contributed by atoms with van der Waals surface area (Å²) in [6, 6.07) is 3.81. The summed E-state index contributed by atoms with van der Waals surface area (Å²) in [5.74, 6) is 0.579. The molecule has 0 saturated heterocycles. The lowest BCUT2D eigenvalue weighted by Crippen LogP contribution is -2.27. The molecule has 5 heteroatoms. The summed E-state index contributed by atoms with van der Waals surface area (Å²) in [7, 11) is 1.39. The van der Waals surface area contributed by atoms with Crippen molar-refractivity contribution in [3.05, 3.63) is 17.8 Å². The van der Waals surface area contributed by atoms with Crippen LogP contribution in [0.5, 0.6) is 0 Å². The van der Waals surface area contributed by atoms with Gasteiger partial charge in [0.05, 0.1) is 19.2 Å². The predicted molar refractivity (Wildman–Crippen MR) is 61.3 cm³/mol. The second-order valence-electron chi connectivity index (χ2n) is 3.44. The van der Waals surface area contributed by atoms with Gasteiger partial charge in [-0.3, -0.25) is 4.79 Å². The number of anilines is 1. The number of ether oxygens (including phenoxy) is 1. The van der Waals surface area contributed by atoms with Crippen LogP contribution in [0, 0.1) is 6.92 Å². The largest absolute Gasteiger partial charge is 0.469 e. The van der Waals surface area contributed by atoms with Gasteiger partial charge in [-0.25, -0.2) is 0 Å². The maximum atomic E-state index is 11.0. The molecule has 0 aliphatic rings. The van der Waals surface area contributed by atoms with Gasteiger partial charge in [-0.15, -0.1) is 5.10 Å². The number of rotatable bonds is 5. The fraction of sp³-hybridized carbons (Fsp3) is 0.545. The minimum Gasteiger partial charge on any atom is -0.469 e. The molecule has 1 rings (SSSR count). The third kappa shape index (κ3) is 3.49. The number of carbonyl (C=O) groups is 1. The van der Waals surface area contributed by atoms with E-state index in [1.165, 1.54) is 7.11 Å². The Hall–Kier alpha value is -1.65. The molecule has 16 heavy (non-hydrogen) atoms. The molecule has 88 valence electrons. The maximum absolute atomic E-state index is 11.0. The summed E-state index contributed by atoms with van der Waals surface area (Å²) < 4.78 is 4.60. The van der Waals surface area contributed by atoms with E-state index in [1.54, 1.807) is 0 Å². The van der Waals surface area contributed by atoms with E-state index < -0.39 is 0 Å². The number of aromatic nitrogens is 2. The van der Waals surface area contributed by atoms with E-state index in [1.807, 2.05) is 30.9 Å². The first-order chi connectivity index (χ1) is 7.67. The molecule has 0 saturated carbocycles. The molecular weight excluding hydrogens is 206 g/mol. The summed E-state index contributed by atoms with van der Waals surface area (Å²) in [6.45, 7) is 5.29. The first kappa shape index (κ1) is 12.4. The van der Waals surface area contributed by atoms with Gasteiger partial charge in [0, 0.05) is 13.1 Å². The molecule has 5 nitrogen and oxygen atoms in total. The highest BCUT2D eigenvalue weighted by Crippen LogP contribution is 2.09. The van der Waals surface area contributed by atoms with Gasteiger partial charge in [0.15, 0.2) is 5.82 Å². The molecule has 0 fully saturated rings. The van der Waals surface area contributed by atoms with E-state index in [-0.39, 0.29) is 5.97 Å². The lowest BCUT2D eigenvalue weighted by atomic mass is 10.3. The van der Waals surface area contributed by atoms with Gasteiger partial charge in [-0.2, -0.15) is 5.10 Å². The fourth-order valence-corrected chi connectivity index (χ4v) is 1.32. The molecule has 0 radical (unpaired) electrons. The Kier molecular flexibility index (Phi) is 4.69. The lowest BCUT2D eigenvalue weighted by Gasteiger charge is -2.20. The van der Waals surface area contributed by atoms with E-state index in [0.29, 0.717) is 13.0 Å². The molecule has 0 unspecified atom stereocenters. The van der Waals surface area contributed by atoms with E-state index in [9.17, 15) is 4.79 Å². The number of nitrogens with zero attached hydrogens (tertiary/aromatic N) is 3. The molecule has 1 aromatic heterocycles. The standard InChI is InChI=1S/C11H17N3O2/c1-4-14(8-7-11(15)16-3)10-6-5-9(2)12-13-10/h5-6H,4,7-8H2,1-3H3. The van der Waals surface area contributed by atoms with Gasteiger partial charge in [0.2, 0.25) is 0 Å². The summed E-state index contributed by atoms with van der Waals surface area (Å²) in [5, 5.41) is 8.06. The maximum Gasteiger partial charge on any atom is 0.307 e. The smallest absolute Gasteiger partial charge is 0.307 e. The Morgan fingerprint density at radius 3 is 2.69 bits per heavy atom. The average molecular weight is 223 g/mol. The molecule has 0 amide bonds. The summed E-state index contributed by atoms with van der Waals surface area (Å²) in [5.41, 5.74) is 0.882. The van der Waals surface area contributed by atoms with Gasteiger partial charge < -0.3 is 9.64 Å². The van der Waals surface area contributed by atoms with Crippen molar-refractivity contribution >= 4 is 11.8 Å². The highest BCUT2D eigenvalue weighted by molar-refractivity contribution is 5.69. The monoisotopic (exact) mass is 223 g/mol. The zero-order chi connectivity index (χ0) is 12.0. The summed E-state index contributed by atoms with van der Waals surface area (Å²) in [6.07, 6.45) is 0.361. The minimum atomic E-state index is -0.210. The second-order valence-corrected chi connectivity index (χ2v) is 3.44. The van der Waals surface area contributed by atoms with E-state index in [0.717, 1.165) is 18.1 Å². The Bertz CT molecular complexity index is 338. The summed E-state index contributed by atoms with van der Waals surface area (Å²) in [4.78, 5) is 13.0. The van der Waals surface area contributed by atoms with Crippen molar-refractivity contribution in [3.8, 4) is 0 Å². The van der Waals surface area contributed by atoms with E-state index >= 15 is 0 Å². The molecule has 0 atom stereocenters. The van der Waals surface area contributed by atoms with Crippen LogP contribution in [0.3, 0.4) is 0 Å². The van der Waals surface area contributed by atoms with Crippen LogP contribution in [0.15, 0.2) is 12.1 Å². The van der Waals surface area contributed by atoms with Gasteiger partial charge >= 0.3 is 5.97 Å². The van der Waals surface area contributed by atoms with Crippen LogP contribution < -0.4 is 4.90 Å². The van der Waals surface area contributed by atoms with Crippen molar-refractivity contribution in [2.45, 2.75) is 20.3 Å². The number of aryl methyl sites for hydroxylation is 1. The molecule has 0 aromatic carbocycles. The van der Waals surface area contributed by atoms with Crippen LogP contribution in [-0.4, -0.2) is 36.4 Å². The molecule has 0 aliphatic carbocycles. The van der Waals surface area contributed by atoms with Crippen LogP contribution >= 0.6 is 0 Å². The zero-order valence-corrected chi connectivity index (χ0v) is 9.93. The van der Waals surface area contributed by atoms with Crippen molar-refractivity contribution in [1.82, 2.24) is 10.2 Å².